The molecule has 0 unspecified atom stereocenters. The zero-order chi connectivity index (χ0) is 18.5. The van der Waals surface area contributed by atoms with E-state index < -0.39 is 4.92 Å². The maximum Gasteiger partial charge on any atom is 0.269 e. The number of carbonyl (C=O) groups is 1. The van der Waals surface area contributed by atoms with Crippen LogP contribution in [0, 0.1) is 10.1 Å². The van der Waals surface area contributed by atoms with Gasteiger partial charge in [0.15, 0.2) is 5.82 Å². The maximum atomic E-state index is 12.1. The lowest BCUT2D eigenvalue weighted by atomic mass is 9.89. The molecule has 10 heteroatoms. The first kappa shape index (κ1) is 18.2. The number of benzene rings is 1. The third-order valence-corrected chi connectivity index (χ3v) is 5.30. The van der Waals surface area contributed by atoms with Gasteiger partial charge in [-0.3, -0.25) is 14.9 Å². The summed E-state index contributed by atoms with van der Waals surface area (Å²) < 4.78 is 1.49. The van der Waals surface area contributed by atoms with E-state index in [1.807, 2.05) is 0 Å². The first-order valence-corrected chi connectivity index (χ1v) is 9.40. The number of nitrogen functional groups attached to an aromatic ring is 1. The molecule has 3 rings (SSSR count). The maximum absolute atomic E-state index is 12.1. The molecule has 0 atom stereocenters. The number of anilines is 1. The lowest BCUT2D eigenvalue weighted by molar-refractivity contribution is -0.384. The number of nitro groups is 1. The van der Waals surface area contributed by atoms with Crippen molar-refractivity contribution in [2.75, 3.05) is 16.9 Å². The minimum Gasteiger partial charge on any atom is -0.336 e. The van der Waals surface area contributed by atoms with Gasteiger partial charge < -0.3 is 11.2 Å². The second-order valence-corrected chi connectivity index (χ2v) is 7.13. The van der Waals surface area contributed by atoms with Gasteiger partial charge in [0.1, 0.15) is 0 Å². The van der Waals surface area contributed by atoms with Gasteiger partial charge in [-0.25, -0.2) is 4.68 Å². The van der Waals surface area contributed by atoms with Gasteiger partial charge in [-0.2, -0.15) is 0 Å². The van der Waals surface area contributed by atoms with Gasteiger partial charge in [0, 0.05) is 23.7 Å². The Kier molecular flexibility index (Phi) is 5.71. The molecule has 1 fully saturated rings. The summed E-state index contributed by atoms with van der Waals surface area (Å²) in [5.41, 5.74) is 0.474. The standard InChI is InChI=1S/C16H20N6O3S/c17-21-15(11-4-2-1-3-5-11)19-20-16(21)26-10-14(23)18-12-6-8-13(9-7-12)22(24)25/h6-9,11H,1-5,10,17H2,(H,18,23). The van der Waals surface area contributed by atoms with Crippen LogP contribution in [0.2, 0.25) is 0 Å². The molecular weight excluding hydrogens is 356 g/mol. The molecule has 0 bridgehead atoms. The van der Waals surface area contributed by atoms with Crippen LogP contribution in [0.4, 0.5) is 11.4 Å². The first-order chi connectivity index (χ1) is 12.5. The average molecular weight is 376 g/mol. The van der Waals surface area contributed by atoms with E-state index in [0.717, 1.165) is 18.7 Å². The van der Waals surface area contributed by atoms with Gasteiger partial charge >= 0.3 is 0 Å². The molecule has 26 heavy (non-hydrogen) atoms. The fourth-order valence-corrected chi connectivity index (χ4v) is 3.68. The molecule has 1 aliphatic rings. The van der Waals surface area contributed by atoms with E-state index in [9.17, 15) is 14.9 Å². The van der Waals surface area contributed by atoms with Crippen molar-refractivity contribution in [2.24, 2.45) is 0 Å². The number of amides is 1. The molecule has 9 nitrogen and oxygen atoms in total. The Morgan fingerprint density at radius 3 is 2.62 bits per heavy atom. The van der Waals surface area contributed by atoms with Crippen molar-refractivity contribution >= 4 is 29.0 Å². The van der Waals surface area contributed by atoms with E-state index in [2.05, 4.69) is 15.5 Å². The van der Waals surface area contributed by atoms with E-state index in [1.54, 1.807) is 0 Å². The Morgan fingerprint density at radius 1 is 1.27 bits per heavy atom. The van der Waals surface area contributed by atoms with Gasteiger partial charge in [-0.05, 0) is 25.0 Å². The highest BCUT2D eigenvalue weighted by molar-refractivity contribution is 7.99. The second-order valence-electron chi connectivity index (χ2n) is 6.19. The third kappa shape index (κ3) is 4.31. The van der Waals surface area contributed by atoms with Crippen molar-refractivity contribution in [2.45, 2.75) is 43.2 Å². The Balaban J connectivity index is 1.54. The van der Waals surface area contributed by atoms with Crippen molar-refractivity contribution in [3.63, 3.8) is 0 Å². The molecule has 0 aliphatic heterocycles. The number of aromatic nitrogens is 3. The lowest BCUT2D eigenvalue weighted by Crippen LogP contribution is -2.19. The summed E-state index contributed by atoms with van der Waals surface area (Å²) in [7, 11) is 0. The molecule has 1 heterocycles. The fourth-order valence-electron chi connectivity index (χ4n) is 3.02. The van der Waals surface area contributed by atoms with Gasteiger partial charge in [0.25, 0.3) is 5.69 Å². The lowest BCUT2D eigenvalue weighted by Gasteiger charge is -2.20. The first-order valence-electron chi connectivity index (χ1n) is 8.42. The van der Waals surface area contributed by atoms with Gasteiger partial charge in [0.05, 0.1) is 10.7 Å². The molecule has 1 amide bonds. The number of nitro benzene ring substituents is 1. The van der Waals surface area contributed by atoms with Crippen LogP contribution < -0.4 is 11.2 Å². The van der Waals surface area contributed by atoms with E-state index in [1.165, 1.54) is 60.0 Å². The monoisotopic (exact) mass is 376 g/mol. The molecule has 1 aliphatic carbocycles. The van der Waals surface area contributed by atoms with Crippen LogP contribution in [-0.4, -0.2) is 31.5 Å². The van der Waals surface area contributed by atoms with E-state index in [0.29, 0.717) is 16.8 Å². The van der Waals surface area contributed by atoms with Crippen molar-refractivity contribution in [1.29, 1.82) is 0 Å². The molecule has 1 aromatic heterocycles. The fraction of sp³-hybridized carbons (Fsp3) is 0.438. The SMILES string of the molecule is Nn1c(SCC(=O)Nc2ccc([N+](=O)[O-])cc2)nnc1C1CCCCC1. The van der Waals surface area contributed by atoms with E-state index in [-0.39, 0.29) is 17.3 Å². The predicted octanol–water partition coefficient (Wildman–Crippen LogP) is 2.68. The average Bonchev–Trinajstić information content (AvgIpc) is 3.02. The summed E-state index contributed by atoms with van der Waals surface area (Å²) in [6, 6.07) is 5.67. The quantitative estimate of drug-likeness (QED) is 0.343. The summed E-state index contributed by atoms with van der Waals surface area (Å²) in [6.07, 6.45) is 5.75. The number of carbonyl (C=O) groups excluding carboxylic acids is 1. The van der Waals surface area contributed by atoms with Crippen molar-refractivity contribution < 1.29 is 9.72 Å². The van der Waals surface area contributed by atoms with Crippen LogP contribution in [0.5, 0.6) is 0 Å². The number of hydrogen-bond acceptors (Lipinski definition) is 7. The summed E-state index contributed by atoms with van der Waals surface area (Å²) in [6.45, 7) is 0. The minimum absolute atomic E-state index is 0.0242. The molecule has 0 saturated heterocycles. The number of rotatable bonds is 6. The molecule has 1 saturated carbocycles. The Labute approximate surface area is 154 Å². The van der Waals surface area contributed by atoms with Crippen LogP contribution in [0.15, 0.2) is 29.4 Å². The highest BCUT2D eigenvalue weighted by Gasteiger charge is 2.22. The Bertz CT molecular complexity index is 786. The van der Waals surface area contributed by atoms with Crippen LogP contribution in [0.3, 0.4) is 0 Å². The van der Waals surface area contributed by atoms with Crippen molar-refractivity contribution in [3.8, 4) is 0 Å². The number of nitrogens with one attached hydrogen (secondary N) is 1. The molecule has 0 spiro atoms. The molecule has 138 valence electrons. The molecule has 3 N–H and O–H groups in total. The van der Waals surface area contributed by atoms with Gasteiger partial charge in [-0.15, -0.1) is 10.2 Å². The molecule has 2 aromatic rings. The summed E-state index contributed by atoms with van der Waals surface area (Å²) in [5, 5.41) is 22.1. The highest BCUT2D eigenvalue weighted by atomic mass is 32.2. The van der Waals surface area contributed by atoms with Crippen LogP contribution in [-0.2, 0) is 4.79 Å². The molecule has 0 radical (unpaired) electrons. The second kappa shape index (κ2) is 8.17. The Morgan fingerprint density at radius 2 is 1.96 bits per heavy atom. The number of hydrogen-bond donors (Lipinski definition) is 2. The van der Waals surface area contributed by atoms with Crippen LogP contribution in [0.25, 0.3) is 0 Å². The summed E-state index contributed by atoms with van der Waals surface area (Å²) in [4.78, 5) is 22.2. The number of nitrogens with zero attached hydrogens (tertiary/aromatic N) is 4. The topological polar surface area (TPSA) is 129 Å². The largest absolute Gasteiger partial charge is 0.336 e. The van der Waals surface area contributed by atoms with E-state index in [4.69, 9.17) is 5.84 Å². The van der Waals surface area contributed by atoms with Gasteiger partial charge in [-0.1, -0.05) is 31.0 Å². The smallest absolute Gasteiger partial charge is 0.269 e. The number of non-ortho nitro benzene ring substituents is 1. The van der Waals surface area contributed by atoms with Crippen LogP contribution >= 0.6 is 11.8 Å². The van der Waals surface area contributed by atoms with E-state index >= 15 is 0 Å². The number of thioether (sulfide) groups is 1. The van der Waals surface area contributed by atoms with Crippen LogP contribution in [0.1, 0.15) is 43.8 Å². The third-order valence-electron chi connectivity index (χ3n) is 4.36. The van der Waals surface area contributed by atoms with Crippen molar-refractivity contribution in [3.05, 3.63) is 40.2 Å². The Hall–Kier alpha value is -2.62. The normalized spacial score (nSPS) is 14.9. The number of nitrogens with two attached hydrogens (primary N) is 1. The molecule has 1 aromatic carbocycles. The van der Waals surface area contributed by atoms with Gasteiger partial charge in [0.2, 0.25) is 11.1 Å². The van der Waals surface area contributed by atoms with Crippen molar-refractivity contribution in [1.82, 2.24) is 14.9 Å². The summed E-state index contributed by atoms with van der Waals surface area (Å²) in [5.74, 6) is 7.09. The highest BCUT2D eigenvalue weighted by Crippen LogP contribution is 2.32. The molecular formula is C16H20N6O3S. The predicted molar refractivity (Wildman–Crippen MR) is 98.4 cm³/mol. The zero-order valence-electron chi connectivity index (χ0n) is 14.1. The zero-order valence-corrected chi connectivity index (χ0v) is 14.9. The minimum atomic E-state index is -0.487. The summed E-state index contributed by atoms with van der Waals surface area (Å²) >= 11 is 1.21.